The SMILES string of the molecule is CN(C)n1c(CNc2ncnc3nc[nH]c23)nc2c(O)ccc(F)c2c1=O. The molecule has 1 aromatic carbocycles. The van der Waals surface area contributed by atoms with E-state index in [4.69, 9.17) is 0 Å². The minimum absolute atomic E-state index is 0.0877. The van der Waals surface area contributed by atoms with Crippen molar-refractivity contribution in [3.8, 4) is 5.75 Å². The van der Waals surface area contributed by atoms with Crippen LogP contribution >= 0.6 is 0 Å². The summed E-state index contributed by atoms with van der Waals surface area (Å²) in [5.41, 5.74) is 0.378. The number of phenols is 1. The second-order valence-corrected chi connectivity index (χ2v) is 5.96. The summed E-state index contributed by atoms with van der Waals surface area (Å²) >= 11 is 0. The number of benzene rings is 1. The van der Waals surface area contributed by atoms with Crippen LogP contribution in [0.3, 0.4) is 0 Å². The zero-order valence-corrected chi connectivity index (χ0v) is 14.4. The van der Waals surface area contributed by atoms with Crippen LogP contribution in [0, 0.1) is 5.82 Å². The number of fused-ring (bicyclic) bond motifs is 2. The Kier molecular flexibility index (Phi) is 3.83. The van der Waals surface area contributed by atoms with Crippen LogP contribution in [0.5, 0.6) is 5.75 Å². The number of nitrogens with one attached hydrogen (secondary N) is 2. The van der Waals surface area contributed by atoms with Gasteiger partial charge in [-0.2, -0.15) is 0 Å². The van der Waals surface area contributed by atoms with Crippen LogP contribution in [0.2, 0.25) is 0 Å². The molecule has 3 N–H and O–H groups in total. The van der Waals surface area contributed by atoms with E-state index in [1.54, 1.807) is 14.1 Å². The first-order valence-electron chi connectivity index (χ1n) is 7.96. The first-order valence-corrected chi connectivity index (χ1v) is 7.96. The lowest BCUT2D eigenvalue weighted by Gasteiger charge is -2.21. The van der Waals surface area contributed by atoms with Crippen molar-refractivity contribution in [2.24, 2.45) is 0 Å². The van der Waals surface area contributed by atoms with E-state index < -0.39 is 11.4 Å². The van der Waals surface area contributed by atoms with Crippen molar-refractivity contribution in [1.82, 2.24) is 29.6 Å². The van der Waals surface area contributed by atoms with Crippen molar-refractivity contribution >= 4 is 27.9 Å². The van der Waals surface area contributed by atoms with Crippen LogP contribution in [-0.4, -0.2) is 48.8 Å². The summed E-state index contributed by atoms with van der Waals surface area (Å²) in [6.07, 6.45) is 2.86. The number of rotatable bonds is 4. The van der Waals surface area contributed by atoms with Gasteiger partial charge in [0.05, 0.1) is 12.9 Å². The van der Waals surface area contributed by atoms with Gasteiger partial charge in [0, 0.05) is 14.1 Å². The maximum absolute atomic E-state index is 14.2. The van der Waals surface area contributed by atoms with Gasteiger partial charge in [0.1, 0.15) is 34.3 Å². The Labute approximate surface area is 151 Å². The van der Waals surface area contributed by atoms with E-state index in [-0.39, 0.29) is 29.0 Å². The predicted molar refractivity (Wildman–Crippen MR) is 96.7 cm³/mol. The number of aromatic hydroxyl groups is 1. The largest absolute Gasteiger partial charge is 0.506 e. The quantitative estimate of drug-likeness (QED) is 0.480. The minimum Gasteiger partial charge on any atom is -0.506 e. The predicted octanol–water partition coefficient (Wildman–Crippen LogP) is 0.717. The van der Waals surface area contributed by atoms with Gasteiger partial charge in [-0.3, -0.25) is 4.79 Å². The van der Waals surface area contributed by atoms with E-state index in [9.17, 15) is 14.3 Å². The Balaban J connectivity index is 1.83. The average molecular weight is 370 g/mol. The van der Waals surface area contributed by atoms with E-state index in [2.05, 4.69) is 30.2 Å². The summed E-state index contributed by atoms with van der Waals surface area (Å²) in [5.74, 6) is -0.274. The highest BCUT2D eigenvalue weighted by atomic mass is 19.1. The number of H-pyrrole nitrogens is 1. The number of aromatic amines is 1. The van der Waals surface area contributed by atoms with Crippen molar-refractivity contribution in [2.75, 3.05) is 24.4 Å². The number of halogens is 1. The van der Waals surface area contributed by atoms with E-state index in [0.717, 1.165) is 6.07 Å². The molecular weight excluding hydrogens is 355 g/mol. The Morgan fingerprint density at radius 1 is 1.30 bits per heavy atom. The highest BCUT2D eigenvalue weighted by Gasteiger charge is 2.18. The number of aromatic nitrogens is 6. The molecule has 0 fully saturated rings. The third-order valence-corrected chi connectivity index (χ3v) is 4.03. The topological polar surface area (TPSA) is 125 Å². The lowest BCUT2D eigenvalue weighted by Crippen LogP contribution is -2.40. The molecule has 0 atom stereocenters. The van der Waals surface area contributed by atoms with Crippen LogP contribution in [0.15, 0.2) is 29.6 Å². The fourth-order valence-electron chi connectivity index (χ4n) is 2.86. The van der Waals surface area contributed by atoms with Crippen LogP contribution < -0.4 is 15.9 Å². The molecule has 4 rings (SSSR count). The fraction of sp³-hybridized carbons (Fsp3) is 0.188. The van der Waals surface area contributed by atoms with Crippen molar-refractivity contribution in [2.45, 2.75) is 6.54 Å². The zero-order valence-electron chi connectivity index (χ0n) is 14.4. The van der Waals surface area contributed by atoms with E-state index >= 15 is 0 Å². The summed E-state index contributed by atoms with van der Waals surface area (Å²) in [5, 5.41) is 14.3. The number of imidazole rings is 1. The molecule has 0 unspecified atom stereocenters. The lowest BCUT2D eigenvalue weighted by molar-refractivity contribution is 0.477. The van der Waals surface area contributed by atoms with Crippen LogP contribution in [-0.2, 0) is 6.54 Å². The Morgan fingerprint density at radius 3 is 2.89 bits per heavy atom. The first kappa shape index (κ1) is 16.7. The molecule has 0 saturated heterocycles. The third-order valence-electron chi connectivity index (χ3n) is 4.03. The molecule has 0 aliphatic carbocycles. The summed E-state index contributed by atoms with van der Waals surface area (Å²) in [7, 11) is 3.27. The van der Waals surface area contributed by atoms with Gasteiger partial charge in [-0.1, -0.05) is 0 Å². The first-order chi connectivity index (χ1) is 13.0. The Bertz CT molecular complexity index is 1220. The van der Waals surface area contributed by atoms with Gasteiger partial charge in [0.2, 0.25) is 0 Å². The molecule has 0 aliphatic rings. The molecule has 0 spiro atoms. The van der Waals surface area contributed by atoms with Gasteiger partial charge in [-0.25, -0.2) is 29.0 Å². The molecule has 11 heteroatoms. The van der Waals surface area contributed by atoms with Gasteiger partial charge in [0.25, 0.3) is 5.56 Å². The number of hydrogen-bond donors (Lipinski definition) is 3. The standard InChI is InChI=1S/C16H15FN8O2/c1-24(2)25-10(5-18-14-13-15(20-6-19-13)22-7-21-14)23-12-9(26)4-3-8(17)11(12)16(25)27/h3-4,6-7,26H,5H2,1-2H3,(H2,18,19,20,21,22). The summed E-state index contributed by atoms with van der Waals surface area (Å²) in [6, 6.07) is 2.20. The van der Waals surface area contributed by atoms with Gasteiger partial charge < -0.3 is 20.4 Å². The lowest BCUT2D eigenvalue weighted by atomic mass is 10.2. The molecule has 3 aromatic heterocycles. The maximum atomic E-state index is 14.2. The highest BCUT2D eigenvalue weighted by molar-refractivity contribution is 5.84. The number of anilines is 1. The number of phenolic OH excluding ortho intramolecular Hbond substituents is 1. The molecule has 3 heterocycles. The van der Waals surface area contributed by atoms with Crippen LogP contribution in [0.1, 0.15) is 5.82 Å². The van der Waals surface area contributed by atoms with Crippen LogP contribution in [0.4, 0.5) is 10.2 Å². The van der Waals surface area contributed by atoms with Crippen LogP contribution in [0.25, 0.3) is 22.1 Å². The molecule has 138 valence electrons. The normalized spacial score (nSPS) is 11.2. The second-order valence-electron chi connectivity index (χ2n) is 5.96. The van der Waals surface area contributed by atoms with Gasteiger partial charge in [-0.15, -0.1) is 0 Å². The zero-order chi connectivity index (χ0) is 19.1. The van der Waals surface area contributed by atoms with Gasteiger partial charge in [-0.05, 0) is 12.1 Å². The molecule has 4 aromatic rings. The van der Waals surface area contributed by atoms with E-state index in [1.165, 1.54) is 28.4 Å². The van der Waals surface area contributed by atoms with Crippen molar-refractivity contribution < 1.29 is 9.50 Å². The second kappa shape index (κ2) is 6.20. The average Bonchev–Trinajstić information content (AvgIpc) is 3.11. The minimum atomic E-state index is -0.745. The number of nitrogens with zero attached hydrogens (tertiary/aromatic N) is 6. The third kappa shape index (κ3) is 2.69. The molecule has 0 saturated carbocycles. The molecule has 0 amide bonds. The Hall–Kier alpha value is -3.76. The van der Waals surface area contributed by atoms with E-state index in [0.29, 0.717) is 17.0 Å². The summed E-state index contributed by atoms with van der Waals surface area (Å²) in [4.78, 5) is 32.3. The smallest absolute Gasteiger partial charge is 0.283 e. The Morgan fingerprint density at radius 2 is 2.11 bits per heavy atom. The monoisotopic (exact) mass is 370 g/mol. The number of hydrogen-bond acceptors (Lipinski definition) is 8. The summed E-state index contributed by atoms with van der Waals surface area (Å²) < 4.78 is 15.4. The molecule has 10 nitrogen and oxygen atoms in total. The van der Waals surface area contributed by atoms with Gasteiger partial charge in [0.15, 0.2) is 17.3 Å². The molecule has 27 heavy (non-hydrogen) atoms. The molecule has 0 bridgehead atoms. The maximum Gasteiger partial charge on any atom is 0.283 e. The summed E-state index contributed by atoms with van der Waals surface area (Å²) in [6.45, 7) is 0.0877. The van der Waals surface area contributed by atoms with Crippen molar-refractivity contribution in [3.05, 3.63) is 46.8 Å². The highest BCUT2D eigenvalue weighted by Crippen LogP contribution is 2.23. The fourth-order valence-corrected chi connectivity index (χ4v) is 2.86. The van der Waals surface area contributed by atoms with Crippen molar-refractivity contribution in [3.63, 3.8) is 0 Å². The van der Waals surface area contributed by atoms with E-state index in [1.807, 2.05) is 0 Å². The molecular formula is C16H15FN8O2. The molecule has 0 radical (unpaired) electrons. The van der Waals surface area contributed by atoms with Crippen molar-refractivity contribution in [1.29, 1.82) is 0 Å². The molecule has 0 aliphatic heterocycles. The van der Waals surface area contributed by atoms with Gasteiger partial charge >= 0.3 is 0 Å².